The zero-order valence-corrected chi connectivity index (χ0v) is 12.5. The molecule has 114 valence electrons. The van der Waals surface area contributed by atoms with Crippen LogP contribution in [0.4, 0.5) is 5.69 Å². The molecule has 6 heteroatoms. The fourth-order valence-corrected chi connectivity index (χ4v) is 1.71. The Hall–Kier alpha value is -2.53. The van der Waals surface area contributed by atoms with Crippen molar-refractivity contribution in [1.29, 1.82) is 0 Å². The summed E-state index contributed by atoms with van der Waals surface area (Å²) in [7, 11) is 0. The van der Waals surface area contributed by atoms with E-state index < -0.39 is 18.0 Å². The fraction of sp³-hybridized carbons (Fsp3) is 0.125. The quantitative estimate of drug-likeness (QED) is 0.676. The Morgan fingerprint density at radius 1 is 1.27 bits per heavy atom. The van der Waals surface area contributed by atoms with Crippen molar-refractivity contribution in [2.24, 2.45) is 0 Å². The highest BCUT2D eigenvalue weighted by Gasteiger charge is 2.16. The van der Waals surface area contributed by atoms with Crippen LogP contribution in [-0.4, -0.2) is 18.0 Å². The van der Waals surface area contributed by atoms with Crippen LogP contribution in [0.15, 0.2) is 53.2 Å². The summed E-state index contributed by atoms with van der Waals surface area (Å²) in [5, 5.41) is 3.20. The predicted octanol–water partition coefficient (Wildman–Crippen LogP) is 3.52. The number of halogens is 1. The van der Waals surface area contributed by atoms with E-state index in [1.54, 1.807) is 36.4 Å². The summed E-state index contributed by atoms with van der Waals surface area (Å²) >= 11 is 5.76. The Balaban J connectivity index is 1.85. The normalized spacial score (nSPS) is 12.1. The number of hydrogen-bond acceptors (Lipinski definition) is 4. The molecule has 1 amide bonds. The van der Waals surface area contributed by atoms with Crippen molar-refractivity contribution in [2.45, 2.75) is 13.0 Å². The van der Waals surface area contributed by atoms with E-state index in [0.29, 0.717) is 16.5 Å². The molecule has 0 aliphatic heterocycles. The molecular weight excluding hydrogens is 306 g/mol. The Labute approximate surface area is 132 Å². The molecule has 1 unspecified atom stereocenters. The minimum absolute atomic E-state index is 0.429. The molecule has 1 aromatic carbocycles. The third-order valence-corrected chi connectivity index (χ3v) is 2.95. The van der Waals surface area contributed by atoms with Gasteiger partial charge in [0.25, 0.3) is 5.91 Å². The smallest absolute Gasteiger partial charge is 0.331 e. The number of rotatable bonds is 5. The average molecular weight is 320 g/mol. The van der Waals surface area contributed by atoms with Crippen molar-refractivity contribution < 1.29 is 18.7 Å². The van der Waals surface area contributed by atoms with Crippen molar-refractivity contribution in [3.05, 3.63) is 59.5 Å². The number of hydrogen-bond donors (Lipinski definition) is 1. The number of nitrogens with one attached hydrogen (secondary N) is 1. The number of benzene rings is 1. The maximum Gasteiger partial charge on any atom is 0.331 e. The second-order valence-corrected chi connectivity index (χ2v) is 4.86. The van der Waals surface area contributed by atoms with Crippen molar-refractivity contribution in [2.75, 3.05) is 5.32 Å². The minimum Gasteiger partial charge on any atom is -0.465 e. The number of carbonyl (C=O) groups is 2. The van der Waals surface area contributed by atoms with Gasteiger partial charge in [0.1, 0.15) is 5.76 Å². The van der Waals surface area contributed by atoms with Crippen molar-refractivity contribution >= 4 is 35.2 Å². The summed E-state index contributed by atoms with van der Waals surface area (Å²) in [4.78, 5) is 23.5. The monoisotopic (exact) mass is 319 g/mol. The lowest BCUT2D eigenvalue weighted by atomic mass is 10.3. The molecule has 1 N–H and O–H groups in total. The van der Waals surface area contributed by atoms with Crippen molar-refractivity contribution in [1.82, 2.24) is 0 Å². The average Bonchev–Trinajstić information content (AvgIpc) is 3.01. The molecule has 0 spiro atoms. The predicted molar refractivity (Wildman–Crippen MR) is 83.4 cm³/mol. The van der Waals surface area contributed by atoms with E-state index in [4.69, 9.17) is 20.8 Å². The van der Waals surface area contributed by atoms with Crippen molar-refractivity contribution in [3.8, 4) is 0 Å². The van der Waals surface area contributed by atoms with Gasteiger partial charge in [-0.2, -0.15) is 0 Å². The Kier molecular flexibility index (Phi) is 5.38. The molecule has 0 fully saturated rings. The van der Waals surface area contributed by atoms with E-state index in [0.717, 1.165) is 0 Å². The van der Waals surface area contributed by atoms with Gasteiger partial charge >= 0.3 is 5.97 Å². The highest BCUT2D eigenvalue weighted by molar-refractivity contribution is 6.30. The van der Waals surface area contributed by atoms with Gasteiger partial charge in [-0.25, -0.2) is 4.79 Å². The third kappa shape index (κ3) is 4.79. The zero-order chi connectivity index (χ0) is 15.9. The molecule has 0 saturated carbocycles. The van der Waals surface area contributed by atoms with E-state index in [1.807, 2.05) is 0 Å². The number of furan rings is 1. The van der Waals surface area contributed by atoms with Gasteiger partial charge < -0.3 is 14.5 Å². The molecule has 0 aliphatic rings. The largest absolute Gasteiger partial charge is 0.465 e. The molecule has 5 nitrogen and oxygen atoms in total. The Bertz CT molecular complexity index is 662. The molecule has 0 saturated heterocycles. The summed E-state index contributed by atoms with van der Waals surface area (Å²) < 4.78 is 10.0. The summed E-state index contributed by atoms with van der Waals surface area (Å²) in [5.74, 6) is -0.535. The van der Waals surface area contributed by atoms with E-state index in [-0.39, 0.29) is 0 Å². The molecule has 2 aromatic rings. The number of carbonyl (C=O) groups excluding carboxylic acids is 2. The van der Waals surface area contributed by atoms with Gasteiger partial charge in [0.15, 0.2) is 6.10 Å². The van der Waals surface area contributed by atoms with Gasteiger partial charge in [0, 0.05) is 16.8 Å². The Morgan fingerprint density at radius 3 is 2.64 bits per heavy atom. The van der Waals surface area contributed by atoms with Crippen LogP contribution >= 0.6 is 11.6 Å². The minimum atomic E-state index is -0.926. The first kappa shape index (κ1) is 15.9. The van der Waals surface area contributed by atoms with Crippen LogP contribution in [0.5, 0.6) is 0 Å². The second-order valence-electron chi connectivity index (χ2n) is 4.42. The first-order valence-electron chi connectivity index (χ1n) is 6.53. The maximum atomic E-state index is 11.9. The first-order chi connectivity index (χ1) is 10.5. The van der Waals surface area contributed by atoms with Crippen LogP contribution in [0.1, 0.15) is 12.7 Å². The topological polar surface area (TPSA) is 68.5 Å². The van der Waals surface area contributed by atoms with Gasteiger partial charge in [0.2, 0.25) is 0 Å². The maximum absolute atomic E-state index is 11.9. The number of amides is 1. The van der Waals surface area contributed by atoms with Crippen LogP contribution in [0.3, 0.4) is 0 Å². The molecular formula is C16H14ClNO4. The first-order valence-corrected chi connectivity index (χ1v) is 6.91. The van der Waals surface area contributed by atoms with Crippen LogP contribution in [-0.2, 0) is 14.3 Å². The van der Waals surface area contributed by atoms with Gasteiger partial charge in [-0.1, -0.05) is 11.6 Å². The summed E-state index contributed by atoms with van der Waals surface area (Å²) in [6.45, 7) is 1.49. The summed E-state index contributed by atoms with van der Waals surface area (Å²) in [5.41, 5.74) is 0.573. The van der Waals surface area contributed by atoms with Gasteiger partial charge in [-0.05, 0) is 49.4 Å². The van der Waals surface area contributed by atoms with E-state index in [1.165, 1.54) is 25.3 Å². The summed E-state index contributed by atoms with van der Waals surface area (Å²) in [6, 6.07) is 10.0. The standard InChI is InChI=1S/C16H14ClNO4/c1-11(16(20)18-13-6-4-12(17)5-7-13)22-15(19)9-8-14-3-2-10-21-14/h2-11H,1H3,(H,18,20). The highest BCUT2D eigenvalue weighted by Crippen LogP contribution is 2.14. The lowest BCUT2D eigenvalue weighted by molar-refractivity contribution is -0.148. The molecule has 2 rings (SSSR count). The van der Waals surface area contributed by atoms with Gasteiger partial charge in [0.05, 0.1) is 6.26 Å². The van der Waals surface area contributed by atoms with Crippen LogP contribution in [0.2, 0.25) is 5.02 Å². The number of ether oxygens (including phenoxy) is 1. The molecule has 0 bridgehead atoms. The Morgan fingerprint density at radius 2 is 2.00 bits per heavy atom. The van der Waals surface area contributed by atoms with Crippen LogP contribution in [0, 0.1) is 0 Å². The van der Waals surface area contributed by atoms with Crippen molar-refractivity contribution in [3.63, 3.8) is 0 Å². The van der Waals surface area contributed by atoms with E-state index >= 15 is 0 Å². The lowest BCUT2D eigenvalue weighted by Gasteiger charge is -2.12. The molecule has 1 heterocycles. The molecule has 0 radical (unpaired) electrons. The van der Waals surface area contributed by atoms with E-state index in [2.05, 4.69) is 5.32 Å². The molecule has 22 heavy (non-hydrogen) atoms. The fourth-order valence-electron chi connectivity index (χ4n) is 1.58. The lowest BCUT2D eigenvalue weighted by Crippen LogP contribution is -2.29. The summed E-state index contributed by atoms with van der Waals surface area (Å²) in [6.07, 6.45) is 3.23. The molecule has 1 aromatic heterocycles. The number of anilines is 1. The molecule has 0 aliphatic carbocycles. The van der Waals surface area contributed by atoms with E-state index in [9.17, 15) is 9.59 Å². The van der Waals surface area contributed by atoms with Crippen LogP contribution in [0.25, 0.3) is 6.08 Å². The van der Waals surface area contributed by atoms with Gasteiger partial charge in [-0.15, -0.1) is 0 Å². The van der Waals surface area contributed by atoms with Crippen LogP contribution < -0.4 is 5.32 Å². The molecule has 1 atom stereocenters. The zero-order valence-electron chi connectivity index (χ0n) is 11.8. The second kappa shape index (κ2) is 7.47. The highest BCUT2D eigenvalue weighted by atomic mass is 35.5. The number of esters is 1. The third-order valence-electron chi connectivity index (χ3n) is 2.70. The van der Waals surface area contributed by atoms with Gasteiger partial charge in [-0.3, -0.25) is 4.79 Å². The SMILES string of the molecule is CC(OC(=O)C=Cc1ccco1)C(=O)Nc1ccc(Cl)cc1.